The van der Waals surface area contributed by atoms with Crippen LogP contribution in [0.5, 0.6) is 0 Å². The Balaban J connectivity index is 1.69. The minimum atomic E-state index is 0.167. The average molecular weight is 302 g/mol. The van der Waals surface area contributed by atoms with E-state index in [2.05, 4.69) is 41.5 Å². The van der Waals surface area contributed by atoms with Gasteiger partial charge >= 0.3 is 0 Å². The number of rotatable bonds is 1. The zero-order chi connectivity index (χ0) is 15.8. The van der Waals surface area contributed by atoms with Crippen LogP contribution in [0.25, 0.3) is 0 Å². The number of carbonyl (C=O) groups is 1. The van der Waals surface area contributed by atoms with Gasteiger partial charge in [0.1, 0.15) is 0 Å². The van der Waals surface area contributed by atoms with Gasteiger partial charge in [0, 0.05) is 18.3 Å². The molecule has 2 aromatic rings. The molecule has 0 spiro atoms. The maximum atomic E-state index is 12.6. The summed E-state index contributed by atoms with van der Waals surface area (Å²) in [6, 6.07) is 16.4. The van der Waals surface area contributed by atoms with E-state index < -0.39 is 0 Å². The van der Waals surface area contributed by atoms with E-state index in [1.54, 1.807) is 6.21 Å². The quantitative estimate of drug-likeness (QED) is 0.841. The van der Waals surface area contributed by atoms with Gasteiger partial charge in [-0.15, -0.1) is 0 Å². The highest BCUT2D eigenvalue weighted by molar-refractivity contribution is 6.16. The first-order chi connectivity index (χ1) is 11.2. The Kier molecular flexibility index (Phi) is 3.34. The number of Topliss-reactive ketones (excluding diaryl/α,β-unsaturated/α-hetero) is 1. The summed E-state index contributed by atoms with van der Waals surface area (Å²) in [6.45, 7) is 2.08. The first-order valence-electron chi connectivity index (χ1n) is 7.94. The van der Waals surface area contributed by atoms with Crippen LogP contribution < -0.4 is 5.32 Å². The molecule has 1 N–H and O–H groups in total. The van der Waals surface area contributed by atoms with Crippen molar-refractivity contribution in [1.82, 2.24) is 0 Å². The summed E-state index contributed by atoms with van der Waals surface area (Å²) in [7, 11) is 0. The number of nitrogens with one attached hydrogen (secondary N) is 1. The third-order valence-corrected chi connectivity index (χ3v) is 4.58. The molecule has 114 valence electrons. The molecular weight excluding hydrogens is 284 g/mol. The van der Waals surface area contributed by atoms with Gasteiger partial charge in [-0.05, 0) is 37.0 Å². The fourth-order valence-corrected chi connectivity index (χ4v) is 3.26. The van der Waals surface area contributed by atoms with Crippen LogP contribution in [-0.4, -0.2) is 12.0 Å². The van der Waals surface area contributed by atoms with Crippen LogP contribution in [-0.2, 0) is 4.79 Å². The maximum Gasteiger partial charge on any atom is 0.166 e. The zero-order valence-corrected chi connectivity index (χ0v) is 13.0. The number of hydrogen-bond acceptors (Lipinski definition) is 3. The van der Waals surface area contributed by atoms with E-state index >= 15 is 0 Å². The van der Waals surface area contributed by atoms with Gasteiger partial charge in [0.2, 0.25) is 0 Å². The third-order valence-electron chi connectivity index (χ3n) is 4.58. The van der Waals surface area contributed by atoms with E-state index in [1.165, 1.54) is 11.1 Å². The number of ketones is 1. The first-order valence-corrected chi connectivity index (χ1v) is 7.94. The number of para-hydroxylation sites is 2. The predicted octanol–water partition coefficient (Wildman–Crippen LogP) is 4.52. The van der Waals surface area contributed by atoms with Gasteiger partial charge in [-0.3, -0.25) is 9.79 Å². The highest BCUT2D eigenvalue weighted by atomic mass is 16.1. The van der Waals surface area contributed by atoms with Crippen LogP contribution in [0.3, 0.4) is 0 Å². The summed E-state index contributed by atoms with van der Waals surface area (Å²) in [4.78, 5) is 17.1. The molecule has 3 heteroatoms. The SMILES string of the molecule is Cc1ccc([C@@H]2CC(=O)C3=C(C2)Nc2ccccc2N=C3)cc1. The van der Waals surface area contributed by atoms with E-state index in [4.69, 9.17) is 0 Å². The lowest BCUT2D eigenvalue weighted by molar-refractivity contribution is -0.115. The molecule has 1 heterocycles. The number of benzene rings is 2. The van der Waals surface area contributed by atoms with Gasteiger partial charge in [-0.25, -0.2) is 0 Å². The fraction of sp³-hybridized carbons (Fsp3) is 0.200. The molecule has 0 saturated heterocycles. The van der Waals surface area contributed by atoms with Crippen LogP contribution in [0.2, 0.25) is 0 Å². The number of aliphatic imine (C=N–C) groups is 1. The Labute approximate surface area is 135 Å². The minimum Gasteiger partial charge on any atom is -0.356 e. The topological polar surface area (TPSA) is 41.5 Å². The molecule has 0 saturated carbocycles. The third kappa shape index (κ3) is 2.59. The van der Waals surface area contributed by atoms with E-state index in [0.717, 1.165) is 29.1 Å². The normalized spacial score (nSPS) is 19.7. The van der Waals surface area contributed by atoms with Crippen molar-refractivity contribution in [3.8, 4) is 0 Å². The Morgan fingerprint density at radius 3 is 2.65 bits per heavy atom. The van der Waals surface area contributed by atoms with E-state index in [1.807, 2.05) is 24.3 Å². The number of allylic oxidation sites excluding steroid dienone is 2. The van der Waals surface area contributed by atoms with Crippen LogP contribution in [0.1, 0.15) is 29.9 Å². The molecule has 4 rings (SSSR count). The number of aryl methyl sites for hydroxylation is 1. The Bertz CT molecular complexity index is 831. The molecule has 23 heavy (non-hydrogen) atoms. The zero-order valence-electron chi connectivity index (χ0n) is 13.0. The Hall–Kier alpha value is -2.68. The summed E-state index contributed by atoms with van der Waals surface area (Å²) in [6.07, 6.45) is 3.11. The number of fused-ring (bicyclic) bond motifs is 1. The van der Waals surface area contributed by atoms with E-state index in [-0.39, 0.29) is 11.7 Å². The van der Waals surface area contributed by atoms with Crippen molar-refractivity contribution >= 4 is 23.4 Å². The largest absolute Gasteiger partial charge is 0.356 e. The predicted molar refractivity (Wildman–Crippen MR) is 93.4 cm³/mol. The van der Waals surface area contributed by atoms with Gasteiger partial charge in [0.05, 0.1) is 16.9 Å². The van der Waals surface area contributed by atoms with Crippen molar-refractivity contribution in [1.29, 1.82) is 0 Å². The summed E-state index contributed by atoms with van der Waals surface area (Å²) in [5, 5.41) is 3.44. The van der Waals surface area contributed by atoms with Crippen LogP contribution >= 0.6 is 0 Å². The van der Waals surface area contributed by atoms with Crippen molar-refractivity contribution in [2.45, 2.75) is 25.7 Å². The lowest BCUT2D eigenvalue weighted by atomic mass is 9.82. The lowest BCUT2D eigenvalue weighted by Crippen LogP contribution is -2.22. The highest BCUT2D eigenvalue weighted by Crippen LogP contribution is 2.38. The summed E-state index contributed by atoms with van der Waals surface area (Å²) >= 11 is 0. The van der Waals surface area contributed by atoms with Crippen LogP contribution in [0.4, 0.5) is 11.4 Å². The van der Waals surface area contributed by atoms with E-state index in [0.29, 0.717) is 6.42 Å². The van der Waals surface area contributed by atoms with Gasteiger partial charge in [0.15, 0.2) is 5.78 Å². The van der Waals surface area contributed by atoms with Gasteiger partial charge in [-0.2, -0.15) is 0 Å². The van der Waals surface area contributed by atoms with Gasteiger partial charge in [0.25, 0.3) is 0 Å². The second kappa shape index (κ2) is 5.51. The van der Waals surface area contributed by atoms with Gasteiger partial charge < -0.3 is 5.32 Å². The molecule has 1 aliphatic carbocycles. The molecule has 1 atom stereocenters. The van der Waals surface area contributed by atoms with Crippen molar-refractivity contribution in [3.63, 3.8) is 0 Å². The standard InChI is InChI=1S/C20H18N2O/c1-13-6-8-14(9-7-13)15-10-19-16(20(23)11-15)12-21-17-4-2-3-5-18(17)22-19/h2-9,12,15,22H,10-11H2,1H3/t15-/m0/s1. The van der Waals surface area contributed by atoms with Crippen molar-refractivity contribution in [2.24, 2.45) is 4.99 Å². The van der Waals surface area contributed by atoms with Crippen molar-refractivity contribution in [2.75, 3.05) is 5.32 Å². The molecule has 1 aliphatic heterocycles. The molecule has 3 nitrogen and oxygen atoms in total. The Morgan fingerprint density at radius 2 is 1.83 bits per heavy atom. The average Bonchev–Trinajstić information content (AvgIpc) is 2.74. The fourth-order valence-electron chi connectivity index (χ4n) is 3.26. The summed E-state index contributed by atoms with van der Waals surface area (Å²) in [5.74, 6) is 0.397. The number of anilines is 1. The lowest BCUT2D eigenvalue weighted by Gasteiger charge is -2.25. The number of hydrogen-bond donors (Lipinski definition) is 1. The smallest absolute Gasteiger partial charge is 0.166 e. The summed E-state index contributed by atoms with van der Waals surface area (Å²) in [5.41, 5.74) is 6.02. The van der Waals surface area contributed by atoms with Crippen LogP contribution in [0.15, 0.2) is 64.8 Å². The molecule has 0 unspecified atom stereocenters. The molecule has 2 aromatic carbocycles. The molecular formula is C20H18N2O. The van der Waals surface area contributed by atoms with E-state index in [9.17, 15) is 4.79 Å². The molecule has 0 amide bonds. The summed E-state index contributed by atoms with van der Waals surface area (Å²) < 4.78 is 0. The second-order valence-electron chi connectivity index (χ2n) is 6.23. The monoisotopic (exact) mass is 302 g/mol. The molecule has 0 aromatic heterocycles. The number of nitrogens with zero attached hydrogens (tertiary/aromatic N) is 1. The first kappa shape index (κ1) is 13.9. The van der Waals surface area contributed by atoms with Gasteiger partial charge in [-0.1, -0.05) is 42.0 Å². The molecule has 0 radical (unpaired) electrons. The molecule has 0 fully saturated rings. The van der Waals surface area contributed by atoms with Crippen molar-refractivity contribution < 1.29 is 4.79 Å². The molecule has 2 aliphatic rings. The minimum absolute atomic E-state index is 0.167. The van der Waals surface area contributed by atoms with Crippen molar-refractivity contribution in [3.05, 3.63) is 70.9 Å². The highest BCUT2D eigenvalue weighted by Gasteiger charge is 2.29. The maximum absolute atomic E-state index is 12.6. The molecule has 0 bridgehead atoms. The number of carbonyl (C=O) groups excluding carboxylic acids is 1. The Morgan fingerprint density at radius 1 is 1.04 bits per heavy atom. The second-order valence-corrected chi connectivity index (χ2v) is 6.23. The van der Waals surface area contributed by atoms with Crippen LogP contribution in [0, 0.1) is 6.92 Å².